The lowest BCUT2D eigenvalue weighted by Gasteiger charge is -2.19. The number of likely N-dealkylation sites (tertiary alicyclic amines) is 1. The van der Waals surface area contributed by atoms with Crippen molar-refractivity contribution < 1.29 is 17.6 Å². The number of hydrogen-bond acceptors (Lipinski definition) is 4. The van der Waals surface area contributed by atoms with Gasteiger partial charge in [-0.3, -0.25) is 4.79 Å². The Hall–Kier alpha value is -1.22. The zero-order valence-electron chi connectivity index (χ0n) is 14.2. The van der Waals surface area contributed by atoms with Gasteiger partial charge in [0.15, 0.2) is 0 Å². The normalized spacial score (nSPS) is 17.6. The molecule has 0 spiro atoms. The number of benzene rings is 1. The van der Waals surface area contributed by atoms with Crippen molar-refractivity contribution in [2.45, 2.75) is 24.2 Å². The molecule has 1 amide bonds. The van der Waals surface area contributed by atoms with Crippen LogP contribution in [0, 0.1) is 11.7 Å². The van der Waals surface area contributed by atoms with E-state index in [1.54, 1.807) is 4.90 Å². The van der Waals surface area contributed by atoms with Crippen LogP contribution in [-0.4, -0.2) is 56.8 Å². The molecule has 0 aromatic heterocycles. The number of amides is 1. The molecule has 1 unspecified atom stereocenters. The van der Waals surface area contributed by atoms with E-state index in [0.29, 0.717) is 31.8 Å². The smallest absolute Gasteiger partial charge is 0.242 e. The summed E-state index contributed by atoms with van der Waals surface area (Å²) in [5, 5.41) is 0. The molecule has 6 nitrogen and oxygen atoms in total. The molecule has 1 aliphatic heterocycles. The Kier molecular flexibility index (Phi) is 8.27. The van der Waals surface area contributed by atoms with Gasteiger partial charge in [-0.1, -0.05) is 0 Å². The van der Waals surface area contributed by atoms with Gasteiger partial charge in [-0.05, 0) is 49.6 Å². The Labute approximate surface area is 154 Å². The summed E-state index contributed by atoms with van der Waals surface area (Å²) in [6.07, 6.45) is 1.68. The first-order valence-corrected chi connectivity index (χ1v) is 9.48. The molecule has 1 aromatic carbocycles. The number of carbonyl (C=O) groups excluding carboxylic acids is 1. The average Bonchev–Trinajstić information content (AvgIpc) is 3.04. The Morgan fingerprint density at radius 1 is 1.36 bits per heavy atom. The lowest BCUT2D eigenvalue weighted by atomic mass is 10.1. The molecule has 1 aromatic rings. The number of rotatable bonds is 7. The molecule has 1 fully saturated rings. The second-order valence-corrected chi connectivity index (χ2v) is 8.16. The fraction of sp³-hybridized carbons (Fsp3) is 0.562. The van der Waals surface area contributed by atoms with Crippen LogP contribution < -0.4 is 5.73 Å². The van der Waals surface area contributed by atoms with Gasteiger partial charge in [0.05, 0.1) is 4.90 Å². The van der Waals surface area contributed by atoms with E-state index < -0.39 is 15.8 Å². The molecule has 25 heavy (non-hydrogen) atoms. The molecule has 9 heteroatoms. The highest BCUT2D eigenvalue weighted by Crippen LogP contribution is 2.18. The predicted molar refractivity (Wildman–Crippen MR) is 96.4 cm³/mol. The van der Waals surface area contributed by atoms with E-state index >= 15 is 0 Å². The lowest BCUT2D eigenvalue weighted by Crippen LogP contribution is -2.32. The Morgan fingerprint density at radius 3 is 2.56 bits per heavy atom. The number of nitrogens with two attached hydrogens (primary N) is 1. The van der Waals surface area contributed by atoms with E-state index in [-0.39, 0.29) is 29.8 Å². The van der Waals surface area contributed by atoms with Crippen LogP contribution in [0.1, 0.15) is 19.3 Å². The Balaban J connectivity index is 0.00000312. The highest BCUT2D eigenvalue weighted by atomic mass is 35.5. The van der Waals surface area contributed by atoms with Crippen LogP contribution >= 0.6 is 12.4 Å². The molecule has 0 aliphatic carbocycles. The molecule has 0 radical (unpaired) electrons. The van der Waals surface area contributed by atoms with Gasteiger partial charge in [0.2, 0.25) is 15.9 Å². The molecule has 142 valence electrons. The van der Waals surface area contributed by atoms with Crippen LogP contribution in [0.15, 0.2) is 29.2 Å². The molecule has 2 rings (SSSR count). The summed E-state index contributed by atoms with van der Waals surface area (Å²) in [4.78, 5) is 14.0. The van der Waals surface area contributed by atoms with E-state index in [0.717, 1.165) is 25.1 Å². The zero-order chi connectivity index (χ0) is 17.7. The van der Waals surface area contributed by atoms with Crippen molar-refractivity contribution in [3.05, 3.63) is 30.1 Å². The number of nitrogens with zero attached hydrogens (tertiary/aromatic N) is 2. The summed E-state index contributed by atoms with van der Waals surface area (Å²) < 4.78 is 38.8. The van der Waals surface area contributed by atoms with Gasteiger partial charge in [0.25, 0.3) is 0 Å². The van der Waals surface area contributed by atoms with Gasteiger partial charge in [-0.15, -0.1) is 12.4 Å². The molecular formula is C16H25ClFN3O3S. The van der Waals surface area contributed by atoms with Crippen LogP contribution in [0.3, 0.4) is 0 Å². The van der Waals surface area contributed by atoms with Gasteiger partial charge < -0.3 is 10.6 Å². The predicted octanol–water partition coefficient (Wildman–Crippen LogP) is 1.46. The van der Waals surface area contributed by atoms with Crippen LogP contribution in [0.4, 0.5) is 4.39 Å². The standard InChI is InChI=1S/C16H24FN3O3S.ClH/c1-19(24(22,23)15-6-4-14(17)5-7-15)9-2-3-16(21)20-10-8-13(11-18)12-20;/h4-7,13H,2-3,8-12,18H2,1H3;1H. The minimum Gasteiger partial charge on any atom is -0.342 e. The van der Waals surface area contributed by atoms with E-state index in [4.69, 9.17) is 5.73 Å². The van der Waals surface area contributed by atoms with Gasteiger partial charge >= 0.3 is 0 Å². The zero-order valence-corrected chi connectivity index (χ0v) is 15.9. The average molecular weight is 394 g/mol. The Bertz CT molecular complexity index is 670. The highest BCUT2D eigenvalue weighted by Gasteiger charge is 2.25. The summed E-state index contributed by atoms with van der Waals surface area (Å²) >= 11 is 0. The third kappa shape index (κ3) is 5.64. The minimum absolute atomic E-state index is 0. The maximum atomic E-state index is 12.9. The molecule has 1 saturated heterocycles. The van der Waals surface area contributed by atoms with Crippen molar-refractivity contribution in [1.29, 1.82) is 0 Å². The van der Waals surface area contributed by atoms with Crippen LogP contribution in [0.5, 0.6) is 0 Å². The summed E-state index contributed by atoms with van der Waals surface area (Å²) in [6, 6.07) is 4.71. The first-order chi connectivity index (χ1) is 11.3. The van der Waals surface area contributed by atoms with E-state index in [2.05, 4.69) is 0 Å². The van der Waals surface area contributed by atoms with Crippen molar-refractivity contribution in [3.63, 3.8) is 0 Å². The van der Waals surface area contributed by atoms with Crippen molar-refractivity contribution in [1.82, 2.24) is 9.21 Å². The molecule has 1 aliphatic rings. The number of halogens is 2. The minimum atomic E-state index is -3.66. The fourth-order valence-electron chi connectivity index (χ4n) is 2.77. The van der Waals surface area contributed by atoms with Crippen LogP contribution in [0.2, 0.25) is 0 Å². The van der Waals surface area contributed by atoms with Gasteiger partial charge in [0, 0.05) is 33.1 Å². The van der Waals surface area contributed by atoms with Crippen LogP contribution in [-0.2, 0) is 14.8 Å². The first-order valence-electron chi connectivity index (χ1n) is 8.04. The topological polar surface area (TPSA) is 83.7 Å². The number of carbonyl (C=O) groups is 1. The van der Waals surface area contributed by atoms with E-state index in [9.17, 15) is 17.6 Å². The summed E-state index contributed by atoms with van der Waals surface area (Å²) in [5.74, 6) is -0.0717. The van der Waals surface area contributed by atoms with Crippen molar-refractivity contribution >= 4 is 28.3 Å². The van der Waals surface area contributed by atoms with Crippen molar-refractivity contribution in [2.75, 3.05) is 33.2 Å². The second kappa shape index (κ2) is 9.47. The van der Waals surface area contributed by atoms with Gasteiger partial charge in [-0.2, -0.15) is 0 Å². The maximum Gasteiger partial charge on any atom is 0.242 e. The summed E-state index contributed by atoms with van der Waals surface area (Å²) in [5.41, 5.74) is 5.61. The monoisotopic (exact) mass is 393 g/mol. The lowest BCUT2D eigenvalue weighted by molar-refractivity contribution is -0.130. The maximum absolute atomic E-state index is 12.9. The Morgan fingerprint density at radius 2 is 2.00 bits per heavy atom. The first kappa shape index (κ1) is 21.8. The number of hydrogen-bond donors (Lipinski definition) is 1. The fourth-order valence-corrected chi connectivity index (χ4v) is 3.98. The largest absolute Gasteiger partial charge is 0.342 e. The third-order valence-electron chi connectivity index (χ3n) is 4.36. The molecule has 0 bridgehead atoms. The molecule has 1 heterocycles. The van der Waals surface area contributed by atoms with E-state index in [1.165, 1.54) is 23.5 Å². The third-order valence-corrected chi connectivity index (χ3v) is 6.23. The molecule has 0 saturated carbocycles. The van der Waals surface area contributed by atoms with E-state index in [1.807, 2.05) is 0 Å². The van der Waals surface area contributed by atoms with Crippen molar-refractivity contribution in [2.24, 2.45) is 11.7 Å². The number of sulfonamides is 1. The van der Waals surface area contributed by atoms with Gasteiger partial charge in [0.1, 0.15) is 5.82 Å². The molecule has 1 atom stereocenters. The van der Waals surface area contributed by atoms with Crippen LogP contribution in [0.25, 0.3) is 0 Å². The summed E-state index contributed by atoms with van der Waals surface area (Å²) in [6.45, 7) is 2.24. The molecular weight excluding hydrogens is 369 g/mol. The quantitative estimate of drug-likeness (QED) is 0.760. The SMILES string of the molecule is CN(CCCC(=O)N1CCC(CN)C1)S(=O)(=O)c1ccc(F)cc1.Cl. The molecule has 2 N–H and O–H groups in total. The highest BCUT2D eigenvalue weighted by molar-refractivity contribution is 7.89. The summed E-state index contributed by atoms with van der Waals surface area (Å²) in [7, 11) is -2.20. The van der Waals surface area contributed by atoms with Gasteiger partial charge in [-0.25, -0.2) is 17.1 Å². The van der Waals surface area contributed by atoms with Crippen molar-refractivity contribution in [3.8, 4) is 0 Å². The second-order valence-electron chi connectivity index (χ2n) is 6.11.